The molecule has 0 saturated carbocycles. The van der Waals surface area contributed by atoms with Gasteiger partial charge < -0.3 is 4.74 Å². The third-order valence-corrected chi connectivity index (χ3v) is 1.23. The molecule has 1 heterocycles. The zero-order valence-electron chi connectivity index (χ0n) is 5.22. The van der Waals surface area contributed by atoms with E-state index < -0.39 is 0 Å². The summed E-state index contributed by atoms with van der Waals surface area (Å²) < 4.78 is 5.02. The highest BCUT2D eigenvalue weighted by molar-refractivity contribution is 4.81. The number of rotatable bonds is 1. The number of hydrazine groups is 1. The SMILES string of the molecule is COC1[CH]N(C)NC1. The Morgan fingerprint density at radius 3 is 2.88 bits per heavy atom. The van der Waals surface area contributed by atoms with Gasteiger partial charge in [-0.3, -0.25) is 5.43 Å². The maximum atomic E-state index is 5.02. The third kappa shape index (κ3) is 1.18. The second kappa shape index (κ2) is 2.44. The van der Waals surface area contributed by atoms with Crippen molar-refractivity contribution in [3.05, 3.63) is 6.54 Å². The molecule has 1 fully saturated rings. The summed E-state index contributed by atoms with van der Waals surface area (Å²) in [5.41, 5.74) is 3.07. The number of likely N-dealkylation sites (N-methyl/N-ethyl adjacent to an activating group) is 1. The number of methoxy groups -OCH3 is 1. The highest BCUT2D eigenvalue weighted by Gasteiger charge is 2.17. The average molecular weight is 115 g/mol. The van der Waals surface area contributed by atoms with E-state index in [0.29, 0.717) is 0 Å². The summed E-state index contributed by atoms with van der Waals surface area (Å²) in [7, 11) is 3.67. The van der Waals surface area contributed by atoms with E-state index in [2.05, 4.69) is 5.43 Å². The molecule has 1 radical (unpaired) electrons. The predicted octanol–water partition coefficient (Wildman–Crippen LogP) is -0.387. The minimum absolute atomic E-state index is 0.264. The molecule has 0 bridgehead atoms. The van der Waals surface area contributed by atoms with Crippen LogP contribution in [0.2, 0.25) is 0 Å². The van der Waals surface area contributed by atoms with E-state index in [-0.39, 0.29) is 6.10 Å². The van der Waals surface area contributed by atoms with Crippen molar-refractivity contribution in [2.24, 2.45) is 0 Å². The van der Waals surface area contributed by atoms with Crippen molar-refractivity contribution >= 4 is 0 Å². The number of nitrogens with one attached hydrogen (secondary N) is 1. The number of hydrogen-bond acceptors (Lipinski definition) is 3. The molecule has 3 heteroatoms. The van der Waals surface area contributed by atoms with E-state index in [1.807, 2.05) is 18.6 Å². The van der Waals surface area contributed by atoms with Crippen LogP contribution < -0.4 is 5.43 Å². The molecule has 1 saturated heterocycles. The largest absolute Gasteiger partial charge is 0.378 e. The van der Waals surface area contributed by atoms with Gasteiger partial charge in [0.15, 0.2) is 0 Å². The Hall–Kier alpha value is -0.120. The molecule has 0 aromatic heterocycles. The lowest BCUT2D eigenvalue weighted by Crippen LogP contribution is -2.23. The summed E-state index contributed by atoms with van der Waals surface area (Å²) in [5, 5.41) is 1.91. The van der Waals surface area contributed by atoms with Crippen LogP contribution >= 0.6 is 0 Å². The second-order valence-corrected chi connectivity index (χ2v) is 1.90. The lowest BCUT2D eigenvalue weighted by molar-refractivity contribution is 0.140. The molecule has 1 atom stereocenters. The Labute approximate surface area is 49.6 Å². The standard InChI is InChI=1S/C5H11N2O/c1-7-4-5(8-2)3-6-7/h4-6H,3H2,1-2H3. The minimum Gasteiger partial charge on any atom is -0.378 e. The van der Waals surface area contributed by atoms with E-state index in [4.69, 9.17) is 4.74 Å². The first-order chi connectivity index (χ1) is 3.83. The van der Waals surface area contributed by atoms with Crippen LogP contribution in [0.3, 0.4) is 0 Å². The Morgan fingerprint density at radius 1 is 1.88 bits per heavy atom. The van der Waals surface area contributed by atoms with Crippen LogP contribution in [0.4, 0.5) is 0 Å². The molecule has 1 aliphatic heterocycles. The van der Waals surface area contributed by atoms with Crippen molar-refractivity contribution in [1.82, 2.24) is 10.4 Å². The van der Waals surface area contributed by atoms with Gasteiger partial charge in [-0.25, -0.2) is 5.01 Å². The van der Waals surface area contributed by atoms with E-state index in [1.54, 1.807) is 7.11 Å². The van der Waals surface area contributed by atoms with Crippen molar-refractivity contribution in [2.75, 3.05) is 20.7 Å². The summed E-state index contributed by atoms with van der Waals surface area (Å²) >= 11 is 0. The van der Waals surface area contributed by atoms with Gasteiger partial charge in [0.2, 0.25) is 0 Å². The van der Waals surface area contributed by atoms with Crippen LogP contribution in [0.25, 0.3) is 0 Å². The monoisotopic (exact) mass is 115 g/mol. The van der Waals surface area contributed by atoms with Gasteiger partial charge >= 0.3 is 0 Å². The number of hydrogen-bond donors (Lipinski definition) is 1. The lowest BCUT2D eigenvalue weighted by atomic mass is 10.4. The van der Waals surface area contributed by atoms with Gasteiger partial charge in [-0.1, -0.05) is 0 Å². The quantitative estimate of drug-likeness (QED) is 0.504. The first kappa shape index (κ1) is 6.01. The minimum atomic E-state index is 0.264. The fourth-order valence-electron chi connectivity index (χ4n) is 0.733. The first-order valence-corrected chi connectivity index (χ1v) is 2.67. The Bertz CT molecular complexity index is 76.8. The maximum absolute atomic E-state index is 5.02. The third-order valence-electron chi connectivity index (χ3n) is 1.23. The number of ether oxygens (including phenoxy) is 1. The van der Waals surface area contributed by atoms with Gasteiger partial charge in [0.1, 0.15) is 0 Å². The van der Waals surface area contributed by atoms with Gasteiger partial charge in [-0.2, -0.15) is 0 Å². The first-order valence-electron chi connectivity index (χ1n) is 2.67. The zero-order chi connectivity index (χ0) is 5.98. The van der Waals surface area contributed by atoms with Crippen LogP contribution in [-0.2, 0) is 4.74 Å². The predicted molar refractivity (Wildman–Crippen MR) is 30.9 cm³/mol. The van der Waals surface area contributed by atoms with Crippen molar-refractivity contribution in [1.29, 1.82) is 0 Å². The molecule has 0 aromatic rings. The van der Waals surface area contributed by atoms with Crippen molar-refractivity contribution in [3.63, 3.8) is 0 Å². The molecule has 47 valence electrons. The van der Waals surface area contributed by atoms with Crippen molar-refractivity contribution in [2.45, 2.75) is 6.10 Å². The molecule has 1 rings (SSSR count). The summed E-state index contributed by atoms with van der Waals surface area (Å²) in [6, 6.07) is 0. The average Bonchev–Trinajstić information content (AvgIpc) is 2.14. The van der Waals surface area contributed by atoms with Crippen LogP contribution in [0.5, 0.6) is 0 Å². The molecule has 1 unspecified atom stereocenters. The molecule has 0 aromatic carbocycles. The molecule has 0 aliphatic carbocycles. The molecular formula is C5H11N2O. The van der Waals surface area contributed by atoms with Gasteiger partial charge in [-0.05, 0) is 0 Å². The van der Waals surface area contributed by atoms with Crippen LogP contribution in [0, 0.1) is 6.54 Å². The lowest BCUT2D eigenvalue weighted by Gasteiger charge is -2.04. The molecule has 0 amide bonds. The Morgan fingerprint density at radius 2 is 2.62 bits per heavy atom. The summed E-state index contributed by atoms with van der Waals surface area (Å²) in [6.07, 6.45) is 0.264. The molecule has 1 N–H and O–H groups in total. The molecule has 8 heavy (non-hydrogen) atoms. The van der Waals surface area contributed by atoms with Gasteiger partial charge in [-0.15, -0.1) is 0 Å². The van der Waals surface area contributed by atoms with Gasteiger partial charge in [0.05, 0.1) is 12.6 Å². The Balaban J connectivity index is 2.22. The van der Waals surface area contributed by atoms with Crippen molar-refractivity contribution < 1.29 is 4.74 Å². The normalized spacial score (nSPS) is 31.5. The fourth-order valence-corrected chi connectivity index (χ4v) is 0.733. The summed E-state index contributed by atoms with van der Waals surface area (Å²) in [4.78, 5) is 0. The second-order valence-electron chi connectivity index (χ2n) is 1.90. The summed E-state index contributed by atoms with van der Waals surface area (Å²) in [6.45, 7) is 2.90. The molecule has 3 nitrogen and oxygen atoms in total. The van der Waals surface area contributed by atoms with E-state index in [0.717, 1.165) is 6.54 Å². The molecule has 0 spiro atoms. The van der Waals surface area contributed by atoms with E-state index in [9.17, 15) is 0 Å². The topological polar surface area (TPSA) is 24.5 Å². The maximum Gasteiger partial charge on any atom is 0.0895 e. The fraction of sp³-hybridized carbons (Fsp3) is 0.800. The summed E-state index contributed by atoms with van der Waals surface area (Å²) in [5.74, 6) is 0. The van der Waals surface area contributed by atoms with Crippen molar-refractivity contribution in [3.8, 4) is 0 Å². The van der Waals surface area contributed by atoms with Gasteiger partial charge in [0.25, 0.3) is 0 Å². The molecular weight excluding hydrogens is 104 g/mol. The number of nitrogens with zero attached hydrogens (tertiary/aromatic N) is 1. The van der Waals surface area contributed by atoms with E-state index in [1.165, 1.54) is 0 Å². The highest BCUT2D eigenvalue weighted by atomic mass is 16.5. The van der Waals surface area contributed by atoms with Crippen LogP contribution in [0.1, 0.15) is 0 Å². The Kier molecular flexibility index (Phi) is 1.83. The zero-order valence-corrected chi connectivity index (χ0v) is 5.22. The van der Waals surface area contributed by atoms with Crippen LogP contribution in [0.15, 0.2) is 0 Å². The van der Waals surface area contributed by atoms with Crippen LogP contribution in [-0.4, -0.2) is 31.8 Å². The highest BCUT2D eigenvalue weighted by Crippen LogP contribution is 2.02. The smallest absolute Gasteiger partial charge is 0.0895 e. The molecule has 1 aliphatic rings. The van der Waals surface area contributed by atoms with Gasteiger partial charge in [0, 0.05) is 20.7 Å². The van der Waals surface area contributed by atoms with E-state index >= 15 is 0 Å².